The van der Waals surface area contributed by atoms with E-state index in [1.54, 1.807) is 12.4 Å². The van der Waals surface area contributed by atoms with Crippen LogP contribution < -0.4 is 5.32 Å². The van der Waals surface area contributed by atoms with Crippen LogP contribution in [0.3, 0.4) is 0 Å². The van der Waals surface area contributed by atoms with Crippen molar-refractivity contribution in [3.63, 3.8) is 0 Å². The first kappa shape index (κ1) is 12.4. The van der Waals surface area contributed by atoms with Crippen LogP contribution in [0, 0.1) is 6.92 Å². The lowest BCUT2D eigenvalue weighted by atomic mass is 10.1. The predicted octanol–water partition coefficient (Wildman–Crippen LogP) is 3.39. The quantitative estimate of drug-likeness (QED) is 0.759. The normalized spacial score (nSPS) is 10.4. The summed E-state index contributed by atoms with van der Waals surface area (Å²) >= 11 is 0. The Morgan fingerprint density at radius 1 is 1.05 bits per heavy atom. The highest BCUT2D eigenvalue weighted by Gasteiger charge is 2.01. The van der Waals surface area contributed by atoms with Crippen molar-refractivity contribution in [1.29, 1.82) is 0 Å². The second-order valence-corrected chi connectivity index (χ2v) is 4.69. The Balaban J connectivity index is 1.68. The number of H-pyrrole nitrogens is 1. The van der Waals surface area contributed by atoms with Gasteiger partial charge in [-0.1, -0.05) is 30.3 Å². The Hall–Kier alpha value is -2.62. The van der Waals surface area contributed by atoms with Crippen molar-refractivity contribution >= 4 is 5.82 Å². The van der Waals surface area contributed by atoms with Crippen LogP contribution in [0.2, 0.25) is 0 Å². The molecule has 100 valence electrons. The van der Waals surface area contributed by atoms with Crippen LogP contribution in [0.1, 0.15) is 11.1 Å². The molecule has 0 amide bonds. The summed E-state index contributed by atoms with van der Waals surface area (Å²) in [6.07, 6.45) is 3.56. The van der Waals surface area contributed by atoms with Crippen molar-refractivity contribution in [2.45, 2.75) is 13.5 Å². The van der Waals surface area contributed by atoms with Crippen molar-refractivity contribution in [2.75, 3.05) is 5.32 Å². The first-order valence-electron chi connectivity index (χ1n) is 6.57. The summed E-state index contributed by atoms with van der Waals surface area (Å²) in [6, 6.07) is 14.4. The van der Waals surface area contributed by atoms with Gasteiger partial charge < -0.3 is 5.32 Å². The van der Waals surface area contributed by atoms with E-state index < -0.39 is 0 Å². The van der Waals surface area contributed by atoms with Gasteiger partial charge in [0.15, 0.2) is 0 Å². The number of anilines is 1. The van der Waals surface area contributed by atoms with Crippen LogP contribution in [0.15, 0.2) is 54.9 Å². The molecule has 0 aliphatic rings. The van der Waals surface area contributed by atoms with Crippen LogP contribution >= 0.6 is 0 Å². The van der Waals surface area contributed by atoms with Crippen LogP contribution in [-0.2, 0) is 6.54 Å². The molecule has 3 rings (SSSR count). The number of hydrogen-bond donors (Lipinski definition) is 2. The Morgan fingerprint density at radius 3 is 2.60 bits per heavy atom. The number of pyridine rings is 1. The van der Waals surface area contributed by atoms with Crippen molar-refractivity contribution in [2.24, 2.45) is 0 Å². The van der Waals surface area contributed by atoms with Gasteiger partial charge in [0.05, 0.1) is 5.69 Å². The molecule has 2 N–H and O–H groups in total. The van der Waals surface area contributed by atoms with Gasteiger partial charge in [0.1, 0.15) is 5.82 Å². The number of hydrogen-bond acceptors (Lipinski definition) is 3. The number of rotatable bonds is 4. The molecule has 0 unspecified atom stereocenters. The van der Waals surface area contributed by atoms with E-state index in [9.17, 15) is 0 Å². The van der Waals surface area contributed by atoms with E-state index >= 15 is 0 Å². The first-order chi connectivity index (χ1) is 9.83. The molecule has 4 nitrogen and oxygen atoms in total. The molecule has 0 spiro atoms. The lowest BCUT2D eigenvalue weighted by Crippen LogP contribution is -2.02. The van der Waals surface area contributed by atoms with E-state index in [1.807, 2.05) is 12.1 Å². The molecule has 1 aromatic carbocycles. The topological polar surface area (TPSA) is 53.6 Å². The van der Waals surface area contributed by atoms with E-state index in [-0.39, 0.29) is 0 Å². The van der Waals surface area contributed by atoms with Gasteiger partial charge in [-0.05, 0) is 35.7 Å². The summed E-state index contributed by atoms with van der Waals surface area (Å²) in [5.74, 6) is 0.935. The average molecular weight is 264 g/mol. The van der Waals surface area contributed by atoms with E-state index in [1.165, 1.54) is 5.56 Å². The smallest absolute Gasteiger partial charge is 0.129 e. The Morgan fingerprint density at radius 2 is 1.90 bits per heavy atom. The Labute approximate surface area is 117 Å². The van der Waals surface area contributed by atoms with Crippen LogP contribution in [0.4, 0.5) is 5.82 Å². The summed E-state index contributed by atoms with van der Waals surface area (Å²) < 4.78 is 0. The number of aryl methyl sites for hydroxylation is 1. The SMILES string of the molecule is Cc1cccnc1NCc1ccc(-c2ccn[nH]2)cc1. The Kier molecular flexibility index (Phi) is 3.46. The molecular weight excluding hydrogens is 248 g/mol. The monoisotopic (exact) mass is 264 g/mol. The summed E-state index contributed by atoms with van der Waals surface area (Å²) in [5, 5.41) is 10.3. The molecule has 0 bridgehead atoms. The van der Waals surface area contributed by atoms with Gasteiger partial charge in [0.2, 0.25) is 0 Å². The lowest BCUT2D eigenvalue weighted by Gasteiger charge is -2.08. The molecule has 4 heteroatoms. The van der Waals surface area contributed by atoms with Crippen molar-refractivity contribution < 1.29 is 0 Å². The maximum absolute atomic E-state index is 4.33. The zero-order chi connectivity index (χ0) is 13.8. The average Bonchev–Trinajstić information content (AvgIpc) is 3.01. The van der Waals surface area contributed by atoms with Gasteiger partial charge in [-0.25, -0.2) is 4.98 Å². The predicted molar refractivity (Wildman–Crippen MR) is 80.3 cm³/mol. The minimum atomic E-state index is 0.765. The van der Waals surface area contributed by atoms with Crippen LogP contribution in [0.25, 0.3) is 11.3 Å². The molecule has 0 saturated heterocycles. The number of aromatic nitrogens is 3. The summed E-state index contributed by atoms with van der Waals surface area (Å²) in [5.41, 5.74) is 4.55. The standard InChI is InChI=1S/C16H16N4/c1-12-3-2-9-17-16(12)18-11-13-4-6-14(7-5-13)15-8-10-19-20-15/h2-10H,11H2,1H3,(H,17,18)(H,19,20). The van der Waals surface area contributed by atoms with Crippen LogP contribution in [0.5, 0.6) is 0 Å². The molecule has 2 heterocycles. The highest BCUT2D eigenvalue weighted by molar-refractivity contribution is 5.58. The Bertz CT molecular complexity index is 672. The zero-order valence-corrected chi connectivity index (χ0v) is 11.3. The van der Waals surface area contributed by atoms with E-state index in [0.717, 1.165) is 29.2 Å². The number of aromatic amines is 1. The fraction of sp³-hybridized carbons (Fsp3) is 0.125. The number of benzene rings is 1. The first-order valence-corrected chi connectivity index (χ1v) is 6.57. The van der Waals surface area contributed by atoms with Crippen LogP contribution in [-0.4, -0.2) is 15.2 Å². The fourth-order valence-corrected chi connectivity index (χ4v) is 2.08. The van der Waals surface area contributed by atoms with Gasteiger partial charge in [-0.15, -0.1) is 0 Å². The molecule has 3 aromatic rings. The zero-order valence-electron chi connectivity index (χ0n) is 11.3. The largest absolute Gasteiger partial charge is 0.366 e. The van der Waals surface area contributed by atoms with Gasteiger partial charge in [-0.2, -0.15) is 5.10 Å². The molecule has 0 atom stereocenters. The molecule has 0 aliphatic carbocycles. The van der Waals surface area contributed by atoms with Gasteiger partial charge in [0, 0.05) is 18.9 Å². The highest BCUT2D eigenvalue weighted by atomic mass is 15.1. The van der Waals surface area contributed by atoms with Crippen molar-refractivity contribution in [3.05, 3.63) is 66.0 Å². The minimum absolute atomic E-state index is 0.765. The second-order valence-electron chi connectivity index (χ2n) is 4.69. The third-order valence-corrected chi connectivity index (χ3v) is 3.24. The molecule has 0 fully saturated rings. The third kappa shape index (κ3) is 2.69. The molecule has 0 saturated carbocycles. The second kappa shape index (κ2) is 5.57. The highest BCUT2D eigenvalue weighted by Crippen LogP contribution is 2.17. The summed E-state index contributed by atoms with van der Waals surface area (Å²) in [7, 11) is 0. The van der Waals surface area contributed by atoms with Gasteiger partial charge in [0.25, 0.3) is 0 Å². The minimum Gasteiger partial charge on any atom is -0.366 e. The molecule has 0 radical (unpaired) electrons. The van der Waals surface area contributed by atoms with E-state index in [2.05, 4.69) is 57.8 Å². The van der Waals surface area contributed by atoms with Crippen molar-refractivity contribution in [3.8, 4) is 11.3 Å². The third-order valence-electron chi connectivity index (χ3n) is 3.24. The lowest BCUT2D eigenvalue weighted by molar-refractivity contribution is 1.09. The summed E-state index contributed by atoms with van der Waals surface area (Å²) in [6.45, 7) is 2.82. The molecule has 0 aliphatic heterocycles. The number of nitrogens with zero attached hydrogens (tertiary/aromatic N) is 2. The fourth-order valence-electron chi connectivity index (χ4n) is 2.08. The van der Waals surface area contributed by atoms with E-state index in [0.29, 0.717) is 0 Å². The number of nitrogens with one attached hydrogen (secondary N) is 2. The summed E-state index contributed by atoms with van der Waals surface area (Å²) in [4.78, 5) is 4.33. The maximum atomic E-state index is 4.33. The van der Waals surface area contributed by atoms with Gasteiger partial charge >= 0.3 is 0 Å². The molecule has 2 aromatic heterocycles. The maximum Gasteiger partial charge on any atom is 0.129 e. The molecular formula is C16H16N4. The van der Waals surface area contributed by atoms with Crippen molar-refractivity contribution in [1.82, 2.24) is 15.2 Å². The van der Waals surface area contributed by atoms with Gasteiger partial charge in [-0.3, -0.25) is 5.10 Å². The van der Waals surface area contributed by atoms with E-state index in [4.69, 9.17) is 0 Å². The molecule has 20 heavy (non-hydrogen) atoms.